The van der Waals surface area contributed by atoms with Crippen LogP contribution in [0, 0.1) is 11.3 Å². The molecule has 0 saturated carbocycles. The SMILES string of the molecule is CSCC(=O)CC#N. The summed E-state index contributed by atoms with van der Waals surface area (Å²) in [5.74, 6) is 0.480. The number of ketones is 1. The largest absolute Gasteiger partial charge is 0.298 e. The van der Waals surface area contributed by atoms with Crippen LogP contribution in [0.3, 0.4) is 0 Å². The third-order valence-corrected chi connectivity index (χ3v) is 1.19. The molecule has 2 nitrogen and oxygen atoms in total. The van der Waals surface area contributed by atoms with Crippen LogP contribution in [-0.4, -0.2) is 17.8 Å². The van der Waals surface area contributed by atoms with Crippen molar-refractivity contribution in [2.24, 2.45) is 0 Å². The molecule has 0 fully saturated rings. The van der Waals surface area contributed by atoms with Gasteiger partial charge in [-0.1, -0.05) is 0 Å². The van der Waals surface area contributed by atoms with Crippen molar-refractivity contribution in [2.45, 2.75) is 6.42 Å². The van der Waals surface area contributed by atoms with Crippen molar-refractivity contribution in [3.63, 3.8) is 0 Å². The predicted octanol–water partition coefficient (Wildman–Crippen LogP) is 0.832. The molecule has 8 heavy (non-hydrogen) atoms. The molecule has 0 radical (unpaired) electrons. The van der Waals surface area contributed by atoms with E-state index in [0.717, 1.165) is 0 Å². The summed E-state index contributed by atoms with van der Waals surface area (Å²) in [6.45, 7) is 0. The van der Waals surface area contributed by atoms with Crippen LogP contribution in [0.5, 0.6) is 0 Å². The smallest absolute Gasteiger partial charge is 0.156 e. The van der Waals surface area contributed by atoms with Crippen LogP contribution >= 0.6 is 11.8 Å². The topological polar surface area (TPSA) is 40.9 Å². The predicted molar refractivity (Wildman–Crippen MR) is 33.6 cm³/mol. The van der Waals surface area contributed by atoms with Gasteiger partial charge in [0.2, 0.25) is 0 Å². The average molecular weight is 129 g/mol. The molecule has 0 aromatic carbocycles. The van der Waals surface area contributed by atoms with Crippen molar-refractivity contribution in [3.8, 4) is 6.07 Å². The Morgan fingerprint density at radius 3 is 2.88 bits per heavy atom. The minimum absolute atomic E-state index is 0.0139. The lowest BCUT2D eigenvalue weighted by Gasteiger charge is -1.85. The first-order chi connectivity index (χ1) is 3.81. The average Bonchev–Trinajstić information content (AvgIpc) is 1.68. The van der Waals surface area contributed by atoms with Crippen LogP contribution in [-0.2, 0) is 4.79 Å². The number of nitrogens with zero attached hydrogens (tertiary/aromatic N) is 1. The molecule has 0 spiro atoms. The van der Waals surface area contributed by atoms with Crippen LogP contribution in [0.2, 0.25) is 0 Å². The van der Waals surface area contributed by atoms with E-state index in [-0.39, 0.29) is 12.2 Å². The van der Waals surface area contributed by atoms with Gasteiger partial charge in [0.25, 0.3) is 0 Å². The van der Waals surface area contributed by atoms with Gasteiger partial charge >= 0.3 is 0 Å². The molecule has 0 atom stereocenters. The Labute approximate surface area is 52.9 Å². The summed E-state index contributed by atoms with van der Waals surface area (Å²) in [6.07, 6.45) is 1.90. The molecule has 0 amide bonds. The quantitative estimate of drug-likeness (QED) is 0.566. The zero-order chi connectivity index (χ0) is 6.41. The van der Waals surface area contributed by atoms with Crippen LogP contribution in [0.1, 0.15) is 6.42 Å². The van der Waals surface area contributed by atoms with E-state index in [2.05, 4.69) is 0 Å². The number of carbonyl (C=O) groups excluding carboxylic acids is 1. The Balaban J connectivity index is 3.23. The molecule has 0 aliphatic heterocycles. The van der Waals surface area contributed by atoms with Crippen LogP contribution < -0.4 is 0 Å². The molecule has 0 heterocycles. The molecule has 3 heteroatoms. The van der Waals surface area contributed by atoms with Gasteiger partial charge < -0.3 is 0 Å². The second kappa shape index (κ2) is 4.66. The number of Topliss-reactive ketones (excluding diaryl/α,β-unsaturated/α-hetero) is 1. The fraction of sp³-hybridized carbons (Fsp3) is 0.600. The van der Waals surface area contributed by atoms with E-state index in [1.165, 1.54) is 11.8 Å². The van der Waals surface area contributed by atoms with Gasteiger partial charge in [0.05, 0.1) is 18.2 Å². The van der Waals surface area contributed by atoms with Crippen LogP contribution in [0.25, 0.3) is 0 Å². The highest BCUT2D eigenvalue weighted by molar-refractivity contribution is 7.99. The van der Waals surface area contributed by atoms with Crippen LogP contribution in [0.4, 0.5) is 0 Å². The second-order valence-corrected chi connectivity index (χ2v) is 2.17. The third kappa shape index (κ3) is 3.69. The van der Waals surface area contributed by atoms with E-state index >= 15 is 0 Å². The lowest BCUT2D eigenvalue weighted by atomic mass is 10.3. The van der Waals surface area contributed by atoms with Gasteiger partial charge in [-0.3, -0.25) is 4.79 Å². The number of thioether (sulfide) groups is 1. The molecular weight excluding hydrogens is 122 g/mol. The summed E-state index contributed by atoms with van der Waals surface area (Å²) >= 11 is 1.45. The maximum atomic E-state index is 10.4. The van der Waals surface area contributed by atoms with E-state index < -0.39 is 0 Å². The van der Waals surface area contributed by atoms with Crippen molar-refractivity contribution >= 4 is 17.5 Å². The third-order valence-electron chi connectivity index (χ3n) is 0.582. The summed E-state index contributed by atoms with van der Waals surface area (Å²) < 4.78 is 0. The molecule has 0 aromatic rings. The molecule has 0 unspecified atom stereocenters. The van der Waals surface area contributed by atoms with Gasteiger partial charge in [0.1, 0.15) is 0 Å². The van der Waals surface area contributed by atoms with Gasteiger partial charge in [-0.15, -0.1) is 0 Å². The van der Waals surface area contributed by atoms with Gasteiger partial charge in [-0.05, 0) is 6.26 Å². The van der Waals surface area contributed by atoms with Gasteiger partial charge in [0, 0.05) is 0 Å². The Kier molecular flexibility index (Phi) is 4.38. The minimum atomic E-state index is 0.0139. The number of nitriles is 1. The first-order valence-electron chi connectivity index (χ1n) is 2.19. The Morgan fingerprint density at radius 1 is 1.88 bits per heavy atom. The van der Waals surface area contributed by atoms with Gasteiger partial charge in [0.15, 0.2) is 5.78 Å². The fourth-order valence-electron chi connectivity index (χ4n) is 0.300. The van der Waals surface area contributed by atoms with Gasteiger partial charge in [-0.2, -0.15) is 17.0 Å². The molecule has 0 aromatic heterocycles. The molecule has 0 aliphatic carbocycles. The first-order valence-corrected chi connectivity index (χ1v) is 3.58. The Hall–Kier alpha value is -0.490. The van der Waals surface area contributed by atoms with Crippen molar-refractivity contribution in [1.82, 2.24) is 0 Å². The van der Waals surface area contributed by atoms with E-state index in [9.17, 15) is 4.79 Å². The van der Waals surface area contributed by atoms with Crippen LogP contribution in [0.15, 0.2) is 0 Å². The number of hydrogen-bond acceptors (Lipinski definition) is 3. The number of rotatable bonds is 3. The summed E-state index contributed by atoms with van der Waals surface area (Å²) in [5.41, 5.74) is 0. The highest BCUT2D eigenvalue weighted by Gasteiger charge is 1.95. The molecule has 0 aliphatic rings. The second-order valence-electron chi connectivity index (χ2n) is 1.31. The number of hydrogen-bond donors (Lipinski definition) is 0. The lowest BCUT2D eigenvalue weighted by molar-refractivity contribution is -0.115. The monoisotopic (exact) mass is 129 g/mol. The number of carbonyl (C=O) groups is 1. The molecule has 0 bridgehead atoms. The first kappa shape index (κ1) is 7.51. The molecular formula is C5H7NOS. The fourth-order valence-corrected chi connectivity index (χ4v) is 0.724. The van der Waals surface area contributed by atoms with Crippen molar-refractivity contribution in [2.75, 3.05) is 12.0 Å². The highest BCUT2D eigenvalue weighted by Crippen LogP contribution is 1.93. The minimum Gasteiger partial charge on any atom is -0.298 e. The molecule has 0 saturated heterocycles. The Morgan fingerprint density at radius 2 is 2.50 bits per heavy atom. The van der Waals surface area contributed by atoms with Crippen molar-refractivity contribution in [3.05, 3.63) is 0 Å². The summed E-state index contributed by atoms with van der Waals surface area (Å²) in [5, 5.41) is 7.98. The van der Waals surface area contributed by atoms with E-state index in [4.69, 9.17) is 5.26 Å². The highest BCUT2D eigenvalue weighted by atomic mass is 32.2. The molecule has 0 N–H and O–H groups in total. The van der Waals surface area contributed by atoms with Crippen molar-refractivity contribution in [1.29, 1.82) is 5.26 Å². The van der Waals surface area contributed by atoms with Crippen molar-refractivity contribution < 1.29 is 4.79 Å². The van der Waals surface area contributed by atoms with Gasteiger partial charge in [-0.25, -0.2) is 0 Å². The zero-order valence-corrected chi connectivity index (χ0v) is 5.49. The molecule has 0 rings (SSSR count). The van der Waals surface area contributed by atoms with E-state index in [1.807, 2.05) is 6.26 Å². The molecule has 44 valence electrons. The maximum absolute atomic E-state index is 10.4. The maximum Gasteiger partial charge on any atom is 0.156 e. The standard InChI is InChI=1S/C5H7NOS/c1-8-4-5(7)2-3-6/h2,4H2,1H3. The summed E-state index contributed by atoms with van der Waals surface area (Å²) in [6, 6.07) is 1.79. The van der Waals surface area contributed by atoms with E-state index in [1.54, 1.807) is 6.07 Å². The summed E-state index contributed by atoms with van der Waals surface area (Å²) in [7, 11) is 0. The zero-order valence-electron chi connectivity index (χ0n) is 4.68. The lowest BCUT2D eigenvalue weighted by Crippen LogP contribution is -1.97. The van der Waals surface area contributed by atoms with E-state index in [0.29, 0.717) is 5.75 Å². The Bertz CT molecular complexity index is 116. The summed E-state index contributed by atoms with van der Waals surface area (Å²) in [4.78, 5) is 10.4. The normalized spacial score (nSPS) is 8.00.